The topological polar surface area (TPSA) is 50.9 Å². The van der Waals surface area contributed by atoms with Crippen molar-refractivity contribution in [2.75, 3.05) is 0 Å². The van der Waals surface area contributed by atoms with Crippen LogP contribution in [0.5, 0.6) is 0 Å². The number of hydrogen-bond donors (Lipinski definition) is 1. The number of aromatic nitrogens is 3. The highest BCUT2D eigenvalue weighted by molar-refractivity contribution is 9.10. The molecule has 0 atom stereocenters. The van der Waals surface area contributed by atoms with Crippen LogP contribution in [0.25, 0.3) is 0 Å². The van der Waals surface area contributed by atoms with E-state index in [-0.39, 0.29) is 19.0 Å². The first kappa shape index (κ1) is 11.2. The molecule has 2 aromatic rings. The van der Waals surface area contributed by atoms with Gasteiger partial charge in [-0.15, -0.1) is 0 Å². The summed E-state index contributed by atoms with van der Waals surface area (Å²) in [6.07, 6.45) is 1.34. The average molecular weight is 286 g/mol. The molecule has 0 saturated carbocycles. The van der Waals surface area contributed by atoms with Gasteiger partial charge in [0.05, 0.1) is 6.54 Å². The molecular formula is C10H9BrFN3O. The Hall–Kier alpha value is -1.27. The van der Waals surface area contributed by atoms with E-state index >= 15 is 0 Å². The molecule has 16 heavy (non-hydrogen) atoms. The van der Waals surface area contributed by atoms with Crippen molar-refractivity contribution < 1.29 is 9.50 Å². The van der Waals surface area contributed by atoms with Crippen LogP contribution in [-0.4, -0.2) is 19.9 Å². The summed E-state index contributed by atoms with van der Waals surface area (Å²) in [6, 6.07) is 4.82. The van der Waals surface area contributed by atoms with Crippen molar-refractivity contribution >= 4 is 15.9 Å². The fourth-order valence-electron chi connectivity index (χ4n) is 1.35. The fraction of sp³-hybridized carbons (Fsp3) is 0.200. The fourth-order valence-corrected chi connectivity index (χ4v) is 1.69. The van der Waals surface area contributed by atoms with E-state index in [9.17, 15) is 4.39 Å². The SMILES string of the molecule is OCc1ncnn1Cc1ccc(Br)cc1F. The number of aliphatic hydroxyl groups is 1. The zero-order chi connectivity index (χ0) is 11.5. The van der Waals surface area contributed by atoms with Gasteiger partial charge in [0, 0.05) is 10.0 Å². The molecule has 6 heteroatoms. The van der Waals surface area contributed by atoms with E-state index in [1.165, 1.54) is 17.1 Å². The molecule has 0 amide bonds. The summed E-state index contributed by atoms with van der Waals surface area (Å²) in [5.41, 5.74) is 0.503. The van der Waals surface area contributed by atoms with Crippen molar-refractivity contribution in [2.24, 2.45) is 0 Å². The third-order valence-corrected chi connectivity index (χ3v) is 2.67. The minimum absolute atomic E-state index is 0.210. The average Bonchev–Trinajstić information content (AvgIpc) is 2.69. The summed E-state index contributed by atoms with van der Waals surface area (Å²) in [5, 5.41) is 12.9. The van der Waals surface area contributed by atoms with E-state index in [1.54, 1.807) is 12.1 Å². The Labute approximate surface area is 99.9 Å². The lowest BCUT2D eigenvalue weighted by molar-refractivity contribution is 0.263. The summed E-state index contributed by atoms with van der Waals surface area (Å²) in [4.78, 5) is 3.85. The highest BCUT2D eigenvalue weighted by atomic mass is 79.9. The molecule has 1 aromatic carbocycles. The van der Waals surface area contributed by atoms with Gasteiger partial charge in [-0.3, -0.25) is 0 Å². The lowest BCUT2D eigenvalue weighted by Gasteiger charge is -2.05. The highest BCUT2D eigenvalue weighted by Crippen LogP contribution is 2.16. The molecule has 1 N–H and O–H groups in total. The number of nitrogens with zero attached hydrogens (tertiary/aromatic N) is 3. The highest BCUT2D eigenvalue weighted by Gasteiger charge is 2.07. The number of halogens is 2. The van der Waals surface area contributed by atoms with Crippen LogP contribution in [0.4, 0.5) is 4.39 Å². The Kier molecular flexibility index (Phi) is 3.31. The maximum Gasteiger partial charge on any atom is 0.152 e. The summed E-state index contributed by atoms with van der Waals surface area (Å²) >= 11 is 3.19. The van der Waals surface area contributed by atoms with Crippen LogP contribution in [0, 0.1) is 5.82 Å². The largest absolute Gasteiger partial charge is 0.388 e. The predicted octanol–water partition coefficient (Wildman–Crippen LogP) is 1.72. The second-order valence-electron chi connectivity index (χ2n) is 3.23. The first-order chi connectivity index (χ1) is 7.70. The van der Waals surface area contributed by atoms with Crippen molar-refractivity contribution in [3.05, 3.63) is 46.2 Å². The molecule has 0 aliphatic rings. The second-order valence-corrected chi connectivity index (χ2v) is 4.14. The quantitative estimate of drug-likeness (QED) is 0.934. The van der Waals surface area contributed by atoms with Gasteiger partial charge in [-0.1, -0.05) is 22.0 Å². The third kappa shape index (κ3) is 2.28. The Bertz CT molecular complexity index is 501. The molecule has 0 aliphatic heterocycles. The molecule has 0 bridgehead atoms. The van der Waals surface area contributed by atoms with Gasteiger partial charge in [0.15, 0.2) is 5.82 Å². The van der Waals surface area contributed by atoms with Crippen LogP contribution in [0.2, 0.25) is 0 Å². The second kappa shape index (κ2) is 4.71. The van der Waals surface area contributed by atoms with E-state index in [2.05, 4.69) is 26.0 Å². The number of rotatable bonds is 3. The molecule has 1 aromatic heterocycles. The zero-order valence-corrected chi connectivity index (χ0v) is 9.85. The van der Waals surface area contributed by atoms with Crippen LogP contribution in [0.15, 0.2) is 29.0 Å². The molecule has 1 heterocycles. The zero-order valence-electron chi connectivity index (χ0n) is 8.27. The number of benzene rings is 1. The number of aliphatic hydroxyl groups excluding tert-OH is 1. The standard InChI is InChI=1S/C10H9BrFN3O/c11-8-2-1-7(9(12)3-8)4-15-10(5-16)13-6-14-15/h1-3,6,16H,4-5H2. The van der Waals surface area contributed by atoms with E-state index in [4.69, 9.17) is 5.11 Å². The minimum Gasteiger partial charge on any atom is -0.388 e. The Morgan fingerprint density at radius 3 is 2.94 bits per heavy atom. The minimum atomic E-state index is -0.311. The van der Waals surface area contributed by atoms with E-state index < -0.39 is 0 Å². The molecule has 84 valence electrons. The predicted molar refractivity (Wildman–Crippen MR) is 59.1 cm³/mol. The maximum atomic E-state index is 13.5. The van der Waals surface area contributed by atoms with Crippen molar-refractivity contribution in [1.82, 2.24) is 14.8 Å². The molecule has 0 unspecified atom stereocenters. The van der Waals surface area contributed by atoms with Crippen molar-refractivity contribution in [3.8, 4) is 0 Å². The monoisotopic (exact) mass is 285 g/mol. The molecule has 4 nitrogen and oxygen atoms in total. The summed E-state index contributed by atoms with van der Waals surface area (Å²) in [7, 11) is 0. The van der Waals surface area contributed by atoms with Crippen molar-refractivity contribution in [1.29, 1.82) is 0 Å². The van der Waals surface area contributed by atoms with E-state index in [1.807, 2.05) is 0 Å². The van der Waals surface area contributed by atoms with Crippen molar-refractivity contribution in [3.63, 3.8) is 0 Å². The number of hydrogen-bond acceptors (Lipinski definition) is 3. The molecule has 0 aliphatic carbocycles. The molecule has 0 radical (unpaired) electrons. The van der Waals surface area contributed by atoms with Crippen LogP contribution in [0.3, 0.4) is 0 Å². The van der Waals surface area contributed by atoms with Gasteiger partial charge in [-0.05, 0) is 12.1 Å². The lowest BCUT2D eigenvalue weighted by Crippen LogP contribution is -2.08. The van der Waals surface area contributed by atoms with Gasteiger partial charge < -0.3 is 5.11 Å². The molecule has 0 saturated heterocycles. The maximum absolute atomic E-state index is 13.5. The van der Waals surface area contributed by atoms with Crippen LogP contribution in [-0.2, 0) is 13.2 Å². The van der Waals surface area contributed by atoms with Gasteiger partial charge in [0.25, 0.3) is 0 Å². The molecule has 0 spiro atoms. The smallest absolute Gasteiger partial charge is 0.152 e. The molecule has 0 fully saturated rings. The third-order valence-electron chi connectivity index (χ3n) is 2.17. The van der Waals surface area contributed by atoms with Crippen LogP contribution >= 0.6 is 15.9 Å². The molecular weight excluding hydrogens is 277 g/mol. The summed E-state index contributed by atoms with van der Waals surface area (Å²) < 4.78 is 15.7. The van der Waals surface area contributed by atoms with E-state index in [0.29, 0.717) is 15.9 Å². The molecule has 2 rings (SSSR count). The van der Waals surface area contributed by atoms with E-state index in [0.717, 1.165) is 0 Å². The van der Waals surface area contributed by atoms with Gasteiger partial charge >= 0.3 is 0 Å². The Morgan fingerprint density at radius 1 is 1.44 bits per heavy atom. The Balaban J connectivity index is 2.27. The van der Waals surface area contributed by atoms with Gasteiger partial charge in [0.1, 0.15) is 18.8 Å². The lowest BCUT2D eigenvalue weighted by atomic mass is 10.2. The normalized spacial score (nSPS) is 10.7. The Morgan fingerprint density at radius 2 is 2.25 bits per heavy atom. The first-order valence-corrected chi connectivity index (χ1v) is 5.41. The van der Waals surface area contributed by atoms with Crippen molar-refractivity contribution in [2.45, 2.75) is 13.2 Å². The summed E-state index contributed by atoms with van der Waals surface area (Å²) in [5.74, 6) is 0.107. The van der Waals surface area contributed by atoms with Gasteiger partial charge in [0.2, 0.25) is 0 Å². The van der Waals surface area contributed by atoms with Crippen LogP contribution in [0.1, 0.15) is 11.4 Å². The summed E-state index contributed by atoms with van der Waals surface area (Å²) in [6.45, 7) is 0.0488. The first-order valence-electron chi connectivity index (χ1n) is 4.62. The van der Waals surface area contributed by atoms with Gasteiger partial charge in [-0.2, -0.15) is 5.10 Å². The van der Waals surface area contributed by atoms with Crippen LogP contribution < -0.4 is 0 Å². The van der Waals surface area contributed by atoms with Gasteiger partial charge in [-0.25, -0.2) is 14.1 Å².